The van der Waals surface area contributed by atoms with E-state index in [9.17, 15) is 0 Å². The van der Waals surface area contributed by atoms with Crippen LogP contribution in [0, 0.1) is 0 Å². The topological polar surface area (TPSA) is 29.9 Å². The smallest absolute Gasteiger partial charge is 0.0951 e. The van der Waals surface area contributed by atoms with Crippen molar-refractivity contribution in [1.82, 2.24) is 14.9 Å². The highest BCUT2D eigenvalue weighted by molar-refractivity contribution is 5.08. The molecule has 1 aliphatic rings. The molecule has 1 N–H and O–H groups in total. The highest BCUT2D eigenvalue weighted by atomic mass is 15.1. The van der Waals surface area contributed by atoms with E-state index in [1.54, 1.807) is 0 Å². The summed E-state index contributed by atoms with van der Waals surface area (Å²) in [5.41, 5.74) is 1.37. The fraction of sp³-hybridized carbons (Fsp3) is 0.786. The molecule has 96 valence electrons. The maximum absolute atomic E-state index is 4.35. The van der Waals surface area contributed by atoms with Crippen LogP contribution in [-0.2, 0) is 0 Å². The summed E-state index contributed by atoms with van der Waals surface area (Å²) in [7, 11) is 0. The van der Waals surface area contributed by atoms with Gasteiger partial charge < -0.3 is 9.88 Å². The predicted octanol–water partition coefficient (Wildman–Crippen LogP) is 3.45. The van der Waals surface area contributed by atoms with Gasteiger partial charge in [-0.2, -0.15) is 0 Å². The van der Waals surface area contributed by atoms with E-state index in [1.807, 2.05) is 12.5 Å². The molecule has 0 aliphatic carbocycles. The Balaban J connectivity index is 2.12. The Hall–Kier alpha value is -0.830. The molecule has 2 heterocycles. The minimum absolute atomic E-state index is 0.501. The van der Waals surface area contributed by atoms with Crippen molar-refractivity contribution < 1.29 is 0 Å². The minimum atomic E-state index is 0.501. The van der Waals surface area contributed by atoms with Crippen LogP contribution >= 0.6 is 0 Å². The first-order chi connectivity index (χ1) is 8.22. The lowest BCUT2D eigenvalue weighted by molar-refractivity contribution is 0.322. The van der Waals surface area contributed by atoms with Gasteiger partial charge in [0.1, 0.15) is 0 Å². The standard InChI is InChI=1S/C14H25N3/c1-4-6-12(3)17-10-15-9-14(17)13-8-5-7-11(2)16-13/h9-13,16H,4-8H2,1-3H3. The lowest BCUT2D eigenvalue weighted by Crippen LogP contribution is -2.35. The van der Waals surface area contributed by atoms with E-state index in [4.69, 9.17) is 0 Å². The van der Waals surface area contributed by atoms with Gasteiger partial charge in [0.2, 0.25) is 0 Å². The first kappa shape index (κ1) is 12.6. The van der Waals surface area contributed by atoms with Gasteiger partial charge in [0.05, 0.1) is 12.0 Å². The number of nitrogens with zero attached hydrogens (tertiary/aromatic N) is 2. The number of rotatable bonds is 4. The Morgan fingerprint density at radius 2 is 2.35 bits per heavy atom. The van der Waals surface area contributed by atoms with Crippen LogP contribution in [0.15, 0.2) is 12.5 Å². The van der Waals surface area contributed by atoms with E-state index in [1.165, 1.54) is 37.8 Å². The second-order valence-corrected chi connectivity index (χ2v) is 5.41. The number of imidazole rings is 1. The molecule has 3 unspecified atom stereocenters. The lowest BCUT2D eigenvalue weighted by Gasteiger charge is -2.30. The maximum atomic E-state index is 4.35. The highest BCUT2D eigenvalue weighted by Crippen LogP contribution is 2.27. The predicted molar refractivity (Wildman–Crippen MR) is 71.0 cm³/mol. The van der Waals surface area contributed by atoms with Crippen molar-refractivity contribution in [2.75, 3.05) is 0 Å². The third-order valence-corrected chi connectivity index (χ3v) is 3.85. The molecule has 3 heteroatoms. The molecule has 1 aliphatic heterocycles. The zero-order valence-corrected chi connectivity index (χ0v) is 11.3. The average molecular weight is 235 g/mol. The lowest BCUT2D eigenvalue weighted by atomic mass is 9.97. The third-order valence-electron chi connectivity index (χ3n) is 3.85. The van der Waals surface area contributed by atoms with Gasteiger partial charge in [-0.15, -0.1) is 0 Å². The summed E-state index contributed by atoms with van der Waals surface area (Å²) >= 11 is 0. The quantitative estimate of drug-likeness (QED) is 0.866. The third kappa shape index (κ3) is 2.89. The summed E-state index contributed by atoms with van der Waals surface area (Å²) < 4.78 is 2.36. The van der Waals surface area contributed by atoms with Gasteiger partial charge >= 0.3 is 0 Å². The van der Waals surface area contributed by atoms with Crippen LogP contribution in [0.2, 0.25) is 0 Å². The van der Waals surface area contributed by atoms with E-state index in [-0.39, 0.29) is 0 Å². The Morgan fingerprint density at radius 1 is 1.53 bits per heavy atom. The van der Waals surface area contributed by atoms with E-state index in [0.717, 1.165) is 0 Å². The van der Waals surface area contributed by atoms with Gasteiger partial charge in [-0.1, -0.05) is 13.3 Å². The molecule has 1 saturated heterocycles. The summed E-state index contributed by atoms with van der Waals surface area (Å²) in [5, 5.41) is 3.70. The molecular formula is C14H25N3. The van der Waals surface area contributed by atoms with Crippen LogP contribution in [0.1, 0.15) is 70.7 Å². The van der Waals surface area contributed by atoms with Crippen molar-refractivity contribution in [3.8, 4) is 0 Å². The van der Waals surface area contributed by atoms with Gasteiger partial charge in [-0.05, 0) is 39.5 Å². The Morgan fingerprint density at radius 3 is 3.06 bits per heavy atom. The van der Waals surface area contributed by atoms with Gasteiger partial charge in [-0.3, -0.25) is 0 Å². The van der Waals surface area contributed by atoms with E-state index >= 15 is 0 Å². The number of aromatic nitrogens is 2. The second kappa shape index (κ2) is 5.67. The summed E-state index contributed by atoms with van der Waals surface area (Å²) in [6.45, 7) is 6.82. The molecule has 0 radical (unpaired) electrons. The van der Waals surface area contributed by atoms with Crippen LogP contribution in [0.4, 0.5) is 0 Å². The number of nitrogens with one attached hydrogen (secondary N) is 1. The average Bonchev–Trinajstić information content (AvgIpc) is 2.78. The fourth-order valence-corrected chi connectivity index (χ4v) is 2.88. The Labute approximate surface area is 105 Å². The van der Waals surface area contributed by atoms with Crippen LogP contribution in [0.5, 0.6) is 0 Å². The van der Waals surface area contributed by atoms with Crippen molar-refractivity contribution in [2.24, 2.45) is 0 Å². The summed E-state index contributed by atoms with van der Waals surface area (Å²) in [6.07, 6.45) is 10.4. The van der Waals surface area contributed by atoms with Crippen LogP contribution in [0.3, 0.4) is 0 Å². The fourth-order valence-electron chi connectivity index (χ4n) is 2.88. The molecule has 0 amide bonds. The molecule has 3 atom stereocenters. The Bertz CT molecular complexity index is 345. The summed E-state index contributed by atoms with van der Waals surface area (Å²) in [6, 6.07) is 1.70. The molecule has 17 heavy (non-hydrogen) atoms. The second-order valence-electron chi connectivity index (χ2n) is 5.41. The van der Waals surface area contributed by atoms with Crippen molar-refractivity contribution in [3.63, 3.8) is 0 Å². The van der Waals surface area contributed by atoms with Crippen LogP contribution in [-0.4, -0.2) is 15.6 Å². The Kier molecular flexibility index (Phi) is 4.21. The zero-order valence-electron chi connectivity index (χ0n) is 11.3. The normalized spacial score (nSPS) is 27.0. The number of hydrogen-bond acceptors (Lipinski definition) is 2. The van der Waals surface area contributed by atoms with Crippen molar-refractivity contribution >= 4 is 0 Å². The monoisotopic (exact) mass is 235 g/mol. The SMILES string of the molecule is CCCC(C)n1cncc1C1CCCC(C)N1. The molecule has 1 aromatic rings. The summed E-state index contributed by atoms with van der Waals surface area (Å²) in [4.78, 5) is 4.35. The summed E-state index contributed by atoms with van der Waals surface area (Å²) in [5.74, 6) is 0. The zero-order chi connectivity index (χ0) is 12.3. The van der Waals surface area contributed by atoms with E-state index in [0.29, 0.717) is 18.1 Å². The van der Waals surface area contributed by atoms with Crippen LogP contribution in [0.25, 0.3) is 0 Å². The molecule has 3 nitrogen and oxygen atoms in total. The first-order valence-corrected chi connectivity index (χ1v) is 7.00. The van der Waals surface area contributed by atoms with Crippen molar-refractivity contribution in [2.45, 2.75) is 71.0 Å². The molecular weight excluding hydrogens is 210 g/mol. The van der Waals surface area contributed by atoms with Crippen molar-refractivity contribution in [1.29, 1.82) is 0 Å². The molecule has 0 aromatic carbocycles. The first-order valence-electron chi connectivity index (χ1n) is 7.00. The number of piperidine rings is 1. The molecule has 2 rings (SSSR count). The van der Waals surface area contributed by atoms with Gasteiger partial charge in [-0.25, -0.2) is 4.98 Å². The minimum Gasteiger partial charge on any atom is -0.330 e. The van der Waals surface area contributed by atoms with Crippen LogP contribution < -0.4 is 5.32 Å². The molecule has 0 saturated carbocycles. The molecule has 0 spiro atoms. The van der Waals surface area contributed by atoms with Gasteiger partial charge in [0.15, 0.2) is 0 Å². The van der Waals surface area contributed by atoms with Gasteiger partial charge in [0.25, 0.3) is 0 Å². The van der Waals surface area contributed by atoms with E-state index in [2.05, 4.69) is 35.6 Å². The maximum Gasteiger partial charge on any atom is 0.0951 e. The molecule has 1 fully saturated rings. The molecule has 0 bridgehead atoms. The number of hydrogen-bond donors (Lipinski definition) is 1. The van der Waals surface area contributed by atoms with E-state index < -0.39 is 0 Å². The highest BCUT2D eigenvalue weighted by Gasteiger charge is 2.23. The van der Waals surface area contributed by atoms with Crippen molar-refractivity contribution in [3.05, 3.63) is 18.2 Å². The largest absolute Gasteiger partial charge is 0.330 e. The molecule has 1 aromatic heterocycles. The van der Waals surface area contributed by atoms with Gasteiger partial charge in [0, 0.05) is 24.3 Å².